The molecule has 4 nitrogen and oxygen atoms in total. The highest BCUT2D eigenvalue weighted by Gasteiger charge is 2.31. The van der Waals surface area contributed by atoms with Crippen LogP contribution in [0.4, 0.5) is 10.1 Å². The highest BCUT2D eigenvalue weighted by atomic mass is 19.1. The molecular formula is C17H23FN2O2. The minimum absolute atomic E-state index is 0.0768. The topological polar surface area (TPSA) is 58.2 Å². The van der Waals surface area contributed by atoms with E-state index in [1.165, 1.54) is 12.1 Å². The fraction of sp³-hybridized carbons (Fsp3) is 0.529. The Labute approximate surface area is 130 Å². The van der Waals surface area contributed by atoms with E-state index in [0.29, 0.717) is 11.3 Å². The van der Waals surface area contributed by atoms with Crippen LogP contribution in [0, 0.1) is 5.82 Å². The molecule has 0 aliphatic carbocycles. The van der Waals surface area contributed by atoms with Crippen LogP contribution in [0.1, 0.15) is 57.4 Å². The summed E-state index contributed by atoms with van der Waals surface area (Å²) in [7, 11) is 0. The van der Waals surface area contributed by atoms with Crippen LogP contribution in [0.3, 0.4) is 0 Å². The van der Waals surface area contributed by atoms with Gasteiger partial charge in [-0.05, 0) is 31.0 Å². The Kier molecular flexibility index (Phi) is 5.52. The van der Waals surface area contributed by atoms with Crippen LogP contribution >= 0.6 is 0 Å². The summed E-state index contributed by atoms with van der Waals surface area (Å²) < 4.78 is 13.3. The van der Waals surface area contributed by atoms with Crippen molar-refractivity contribution in [2.75, 3.05) is 5.32 Å². The molecule has 1 aliphatic heterocycles. The van der Waals surface area contributed by atoms with E-state index in [0.717, 1.165) is 25.7 Å². The van der Waals surface area contributed by atoms with Gasteiger partial charge in [-0.15, -0.1) is 0 Å². The second-order valence-electron chi connectivity index (χ2n) is 5.94. The first-order chi connectivity index (χ1) is 10.5. The fourth-order valence-corrected chi connectivity index (χ4v) is 2.79. The number of carbonyl (C=O) groups excluding carboxylic acids is 2. The molecule has 1 aromatic carbocycles. The zero-order chi connectivity index (χ0) is 16.1. The number of rotatable bonds is 6. The van der Waals surface area contributed by atoms with Crippen LogP contribution in [-0.4, -0.2) is 17.9 Å². The molecular weight excluding hydrogens is 283 g/mol. The summed E-state index contributed by atoms with van der Waals surface area (Å²) >= 11 is 0. The number of nitrogens with one attached hydrogen (secondary N) is 2. The van der Waals surface area contributed by atoms with E-state index < -0.39 is 11.7 Å². The van der Waals surface area contributed by atoms with Crippen molar-refractivity contribution in [2.45, 2.75) is 57.9 Å². The number of unbranched alkanes of at least 4 members (excludes halogenated alkanes) is 2. The van der Waals surface area contributed by atoms with E-state index >= 15 is 0 Å². The molecule has 2 rings (SSSR count). The number of fused-ring (bicyclic) bond motifs is 1. The number of halogens is 1. The quantitative estimate of drug-likeness (QED) is 0.792. The molecule has 0 saturated carbocycles. The molecule has 1 heterocycles. The number of amides is 2. The van der Waals surface area contributed by atoms with Crippen molar-refractivity contribution in [1.82, 2.24) is 5.32 Å². The summed E-state index contributed by atoms with van der Waals surface area (Å²) in [5.74, 6) is -1.38. The third-order valence-corrected chi connectivity index (χ3v) is 4.00. The molecule has 5 heteroatoms. The average Bonchev–Trinajstić information content (AvgIpc) is 2.46. The van der Waals surface area contributed by atoms with Gasteiger partial charge in [-0.1, -0.05) is 32.3 Å². The van der Waals surface area contributed by atoms with Crippen molar-refractivity contribution < 1.29 is 14.0 Å². The van der Waals surface area contributed by atoms with Crippen molar-refractivity contribution >= 4 is 17.5 Å². The molecule has 0 saturated heterocycles. The number of hydrogen-bond acceptors (Lipinski definition) is 2. The minimum Gasteiger partial charge on any atom is -0.353 e. The highest BCUT2D eigenvalue weighted by molar-refractivity contribution is 6.01. The van der Waals surface area contributed by atoms with E-state index in [9.17, 15) is 14.0 Å². The molecule has 2 atom stereocenters. The second-order valence-corrected chi connectivity index (χ2v) is 5.94. The minimum atomic E-state index is -0.544. The molecule has 22 heavy (non-hydrogen) atoms. The van der Waals surface area contributed by atoms with Crippen LogP contribution in [-0.2, 0) is 9.59 Å². The summed E-state index contributed by atoms with van der Waals surface area (Å²) in [5.41, 5.74) is 1.08. The van der Waals surface area contributed by atoms with E-state index in [1.54, 1.807) is 6.07 Å². The van der Waals surface area contributed by atoms with Gasteiger partial charge < -0.3 is 10.6 Å². The molecule has 0 aromatic heterocycles. The van der Waals surface area contributed by atoms with Crippen LogP contribution in [0.5, 0.6) is 0 Å². The van der Waals surface area contributed by atoms with Crippen LogP contribution in [0.2, 0.25) is 0 Å². The maximum Gasteiger partial charge on any atom is 0.228 e. The lowest BCUT2D eigenvalue weighted by atomic mass is 9.89. The maximum absolute atomic E-state index is 13.3. The number of benzene rings is 1. The third kappa shape index (κ3) is 4.06. The monoisotopic (exact) mass is 306 g/mol. The van der Waals surface area contributed by atoms with Gasteiger partial charge in [0.05, 0.1) is 5.92 Å². The van der Waals surface area contributed by atoms with Gasteiger partial charge in [0.2, 0.25) is 11.8 Å². The molecule has 0 unspecified atom stereocenters. The maximum atomic E-state index is 13.3. The van der Waals surface area contributed by atoms with E-state index in [-0.39, 0.29) is 24.3 Å². The van der Waals surface area contributed by atoms with Crippen molar-refractivity contribution in [1.29, 1.82) is 0 Å². The predicted molar refractivity (Wildman–Crippen MR) is 84.1 cm³/mol. The molecule has 0 radical (unpaired) electrons. The third-order valence-electron chi connectivity index (χ3n) is 4.00. The molecule has 0 fully saturated rings. The summed E-state index contributed by atoms with van der Waals surface area (Å²) in [6.07, 6.45) is 4.39. The molecule has 0 spiro atoms. The van der Waals surface area contributed by atoms with Gasteiger partial charge >= 0.3 is 0 Å². The zero-order valence-corrected chi connectivity index (χ0v) is 13.1. The smallest absolute Gasteiger partial charge is 0.228 e. The standard InChI is InChI=1S/C17H23FN2O2/c1-3-4-5-6-11(2)19-17(22)14-10-16(21)20-15-9-12(18)7-8-13(14)15/h7-9,11,14H,3-6,10H2,1-2H3,(H,19,22)(H,20,21)/t11-,14+/m0/s1. The van der Waals surface area contributed by atoms with Gasteiger partial charge in [-0.25, -0.2) is 4.39 Å². The predicted octanol–water partition coefficient (Wildman–Crippen LogP) is 3.34. The normalized spacial score (nSPS) is 18.3. The van der Waals surface area contributed by atoms with Gasteiger partial charge in [0.1, 0.15) is 5.82 Å². The first kappa shape index (κ1) is 16.5. The Morgan fingerprint density at radius 1 is 1.45 bits per heavy atom. The Balaban J connectivity index is 2.05. The number of anilines is 1. The molecule has 2 N–H and O–H groups in total. The van der Waals surface area contributed by atoms with Gasteiger partial charge in [-0.2, -0.15) is 0 Å². The van der Waals surface area contributed by atoms with Crippen LogP contribution < -0.4 is 10.6 Å². The van der Waals surface area contributed by atoms with E-state index in [4.69, 9.17) is 0 Å². The van der Waals surface area contributed by atoms with Crippen molar-refractivity contribution in [3.8, 4) is 0 Å². The van der Waals surface area contributed by atoms with Crippen molar-refractivity contribution in [3.63, 3.8) is 0 Å². The van der Waals surface area contributed by atoms with Crippen LogP contribution in [0.25, 0.3) is 0 Å². The molecule has 0 bridgehead atoms. The fourth-order valence-electron chi connectivity index (χ4n) is 2.79. The summed E-state index contributed by atoms with van der Waals surface area (Å²) in [6.45, 7) is 4.11. The molecule has 120 valence electrons. The van der Waals surface area contributed by atoms with E-state index in [2.05, 4.69) is 17.6 Å². The molecule has 1 aliphatic rings. The lowest BCUT2D eigenvalue weighted by molar-refractivity contribution is -0.126. The number of carbonyl (C=O) groups is 2. The summed E-state index contributed by atoms with van der Waals surface area (Å²) in [5, 5.41) is 5.59. The summed E-state index contributed by atoms with van der Waals surface area (Å²) in [4.78, 5) is 24.2. The Hall–Kier alpha value is -1.91. The Bertz CT molecular complexity index is 560. The van der Waals surface area contributed by atoms with Gasteiger partial charge in [0.25, 0.3) is 0 Å². The Morgan fingerprint density at radius 2 is 2.23 bits per heavy atom. The van der Waals surface area contributed by atoms with Crippen LogP contribution in [0.15, 0.2) is 18.2 Å². The highest BCUT2D eigenvalue weighted by Crippen LogP contribution is 2.32. The van der Waals surface area contributed by atoms with Crippen molar-refractivity contribution in [2.24, 2.45) is 0 Å². The van der Waals surface area contributed by atoms with Gasteiger partial charge in [-0.3, -0.25) is 9.59 Å². The van der Waals surface area contributed by atoms with Crippen molar-refractivity contribution in [3.05, 3.63) is 29.6 Å². The Morgan fingerprint density at radius 3 is 2.95 bits per heavy atom. The SMILES string of the molecule is CCCCC[C@H](C)NC(=O)[C@@H]1CC(=O)Nc2cc(F)ccc21. The number of hydrogen-bond donors (Lipinski definition) is 2. The second kappa shape index (κ2) is 7.38. The zero-order valence-electron chi connectivity index (χ0n) is 13.1. The van der Waals surface area contributed by atoms with Gasteiger partial charge in [0.15, 0.2) is 0 Å². The lowest BCUT2D eigenvalue weighted by Crippen LogP contribution is -2.39. The summed E-state index contributed by atoms with van der Waals surface area (Å²) in [6, 6.07) is 4.24. The van der Waals surface area contributed by atoms with Gasteiger partial charge in [0, 0.05) is 18.2 Å². The first-order valence-electron chi connectivity index (χ1n) is 7.91. The average molecular weight is 306 g/mol. The largest absolute Gasteiger partial charge is 0.353 e. The first-order valence-corrected chi connectivity index (χ1v) is 7.91. The molecule has 2 amide bonds. The lowest BCUT2D eigenvalue weighted by Gasteiger charge is -2.26. The molecule has 1 aromatic rings. The van der Waals surface area contributed by atoms with E-state index in [1.807, 2.05) is 6.92 Å².